The topological polar surface area (TPSA) is 56.0 Å². The van der Waals surface area contributed by atoms with Crippen LogP contribution < -0.4 is 5.73 Å². The minimum Gasteiger partial charge on any atom is -0.396 e. The first-order chi connectivity index (χ1) is 7.59. The van der Waals surface area contributed by atoms with Gasteiger partial charge in [0.1, 0.15) is 5.69 Å². The van der Waals surface area contributed by atoms with Gasteiger partial charge >= 0.3 is 0 Å². The number of nitrogens with zero attached hydrogens (tertiary/aromatic N) is 1. The van der Waals surface area contributed by atoms with Gasteiger partial charge in [-0.25, -0.2) is 4.98 Å². The van der Waals surface area contributed by atoms with Crippen molar-refractivity contribution in [3.8, 4) is 11.8 Å². The SMILES string of the molecule is CC(=O)SCCC#Cc1ncc(Cl)cc1N. The van der Waals surface area contributed by atoms with Crippen LogP contribution >= 0.6 is 23.4 Å². The zero-order valence-corrected chi connectivity index (χ0v) is 10.4. The second kappa shape index (κ2) is 6.41. The summed E-state index contributed by atoms with van der Waals surface area (Å²) < 4.78 is 0. The fraction of sp³-hybridized carbons (Fsp3) is 0.273. The van der Waals surface area contributed by atoms with Gasteiger partial charge in [-0.1, -0.05) is 29.3 Å². The van der Waals surface area contributed by atoms with Crippen molar-refractivity contribution in [2.45, 2.75) is 13.3 Å². The lowest BCUT2D eigenvalue weighted by molar-refractivity contribution is -0.109. The highest BCUT2D eigenvalue weighted by Gasteiger charge is 1.97. The number of rotatable bonds is 2. The molecule has 1 rings (SSSR count). The van der Waals surface area contributed by atoms with Crippen LogP contribution in [0.1, 0.15) is 19.0 Å². The molecule has 0 aliphatic heterocycles. The van der Waals surface area contributed by atoms with Gasteiger partial charge in [-0.3, -0.25) is 4.79 Å². The molecule has 1 aromatic rings. The van der Waals surface area contributed by atoms with E-state index in [4.69, 9.17) is 17.3 Å². The highest BCUT2D eigenvalue weighted by atomic mass is 35.5. The Kier molecular flexibility index (Phi) is 5.17. The lowest BCUT2D eigenvalue weighted by Crippen LogP contribution is -1.93. The molecular weight excluding hydrogens is 244 g/mol. The van der Waals surface area contributed by atoms with Gasteiger partial charge in [0.25, 0.3) is 0 Å². The summed E-state index contributed by atoms with van der Waals surface area (Å²) in [6, 6.07) is 1.61. The predicted molar refractivity (Wildman–Crippen MR) is 68.3 cm³/mol. The molecule has 0 aliphatic carbocycles. The van der Waals surface area contributed by atoms with Crippen LogP contribution in [0.3, 0.4) is 0 Å². The summed E-state index contributed by atoms with van der Waals surface area (Å²) in [7, 11) is 0. The van der Waals surface area contributed by atoms with E-state index in [0.29, 0.717) is 28.6 Å². The lowest BCUT2D eigenvalue weighted by Gasteiger charge is -1.96. The minimum absolute atomic E-state index is 0.103. The molecule has 1 aromatic heterocycles. The van der Waals surface area contributed by atoms with E-state index in [1.165, 1.54) is 24.9 Å². The van der Waals surface area contributed by atoms with E-state index in [2.05, 4.69) is 16.8 Å². The Balaban J connectivity index is 2.53. The van der Waals surface area contributed by atoms with Crippen LogP contribution in [0.15, 0.2) is 12.3 Å². The average molecular weight is 255 g/mol. The van der Waals surface area contributed by atoms with Gasteiger partial charge in [-0.15, -0.1) is 0 Å². The molecule has 0 atom stereocenters. The second-order valence-electron chi connectivity index (χ2n) is 2.98. The van der Waals surface area contributed by atoms with E-state index >= 15 is 0 Å². The third-order valence-corrected chi connectivity index (χ3v) is 2.64. The van der Waals surface area contributed by atoms with Crippen molar-refractivity contribution in [2.75, 3.05) is 11.5 Å². The number of carbonyl (C=O) groups is 1. The highest BCUT2D eigenvalue weighted by Crippen LogP contribution is 2.13. The van der Waals surface area contributed by atoms with E-state index in [-0.39, 0.29) is 5.12 Å². The molecule has 0 amide bonds. The molecule has 16 heavy (non-hydrogen) atoms. The zero-order chi connectivity index (χ0) is 12.0. The third-order valence-electron chi connectivity index (χ3n) is 1.62. The Morgan fingerprint density at radius 1 is 1.69 bits per heavy atom. The van der Waals surface area contributed by atoms with Gasteiger partial charge in [0.05, 0.1) is 10.7 Å². The minimum atomic E-state index is 0.103. The molecule has 0 saturated carbocycles. The van der Waals surface area contributed by atoms with Gasteiger partial charge in [-0.05, 0) is 12.0 Å². The molecule has 0 aliphatic rings. The Bertz CT molecular complexity index is 451. The summed E-state index contributed by atoms with van der Waals surface area (Å²) in [6.07, 6.45) is 2.14. The Morgan fingerprint density at radius 2 is 2.44 bits per heavy atom. The van der Waals surface area contributed by atoms with Crippen LogP contribution in [0, 0.1) is 11.8 Å². The monoisotopic (exact) mass is 254 g/mol. The Labute approximate surface area is 104 Å². The van der Waals surface area contributed by atoms with Gasteiger partial charge < -0.3 is 5.73 Å². The number of carbonyl (C=O) groups excluding carboxylic acids is 1. The molecule has 5 heteroatoms. The van der Waals surface area contributed by atoms with Crippen molar-refractivity contribution in [2.24, 2.45) is 0 Å². The largest absolute Gasteiger partial charge is 0.396 e. The number of nitrogens with two attached hydrogens (primary N) is 1. The first-order valence-corrected chi connectivity index (χ1v) is 5.99. The maximum atomic E-state index is 10.6. The highest BCUT2D eigenvalue weighted by molar-refractivity contribution is 8.13. The number of hydrogen-bond acceptors (Lipinski definition) is 4. The molecule has 0 bridgehead atoms. The van der Waals surface area contributed by atoms with E-state index in [9.17, 15) is 4.79 Å². The molecule has 1 heterocycles. The lowest BCUT2D eigenvalue weighted by atomic mass is 10.3. The zero-order valence-electron chi connectivity index (χ0n) is 8.79. The van der Waals surface area contributed by atoms with E-state index < -0.39 is 0 Å². The van der Waals surface area contributed by atoms with E-state index in [1.54, 1.807) is 6.07 Å². The second-order valence-corrected chi connectivity index (χ2v) is 4.69. The number of hydrogen-bond donors (Lipinski definition) is 1. The number of anilines is 1. The smallest absolute Gasteiger partial charge is 0.185 e. The van der Waals surface area contributed by atoms with Crippen LogP contribution in [0.25, 0.3) is 0 Å². The Morgan fingerprint density at radius 3 is 3.06 bits per heavy atom. The third kappa shape index (κ3) is 4.56. The number of thioether (sulfide) groups is 1. The van der Waals surface area contributed by atoms with E-state index in [0.717, 1.165) is 0 Å². The quantitative estimate of drug-likeness (QED) is 0.650. The molecular formula is C11H11ClN2OS. The van der Waals surface area contributed by atoms with Crippen molar-refractivity contribution in [3.63, 3.8) is 0 Å². The Hall–Kier alpha value is -1.18. The van der Waals surface area contributed by atoms with Gasteiger partial charge in [0, 0.05) is 25.3 Å². The summed E-state index contributed by atoms with van der Waals surface area (Å²) in [5.74, 6) is 6.44. The molecule has 0 radical (unpaired) electrons. The van der Waals surface area contributed by atoms with Crippen molar-refractivity contribution < 1.29 is 4.79 Å². The standard InChI is InChI=1S/C11H11ClN2OS/c1-8(15)16-5-3-2-4-11-10(13)6-9(12)7-14-11/h6-7H,3,5,13H2,1H3. The summed E-state index contributed by atoms with van der Waals surface area (Å²) in [5.41, 5.74) is 6.67. The molecule has 0 aromatic carbocycles. The predicted octanol–water partition coefficient (Wildman–Crippen LogP) is 2.34. The summed E-state index contributed by atoms with van der Waals surface area (Å²) in [4.78, 5) is 14.6. The maximum absolute atomic E-state index is 10.6. The maximum Gasteiger partial charge on any atom is 0.185 e. The first-order valence-electron chi connectivity index (χ1n) is 4.63. The first kappa shape index (κ1) is 12.9. The van der Waals surface area contributed by atoms with Crippen molar-refractivity contribution in [3.05, 3.63) is 23.0 Å². The van der Waals surface area contributed by atoms with Crippen molar-refractivity contribution in [1.82, 2.24) is 4.98 Å². The van der Waals surface area contributed by atoms with Gasteiger partial charge in [0.2, 0.25) is 0 Å². The van der Waals surface area contributed by atoms with E-state index in [1.807, 2.05) is 0 Å². The molecule has 0 fully saturated rings. The molecule has 0 saturated heterocycles. The van der Waals surface area contributed by atoms with Crippen LogP contribution in [0.4, 0.5) is 5.69 Å². The fourth-order valence-electron chi connectivity index (χ4n) is 0.951. The normalized spacial score (nSPS) is 9.38. The molecule has 0 spiro atoms. The number of pyridine rings is 1. The summed E-state index contributed by atoms with van der Waals surface area (Å²) in [6.45, 7) is 1.54. The van der Waals surface area contributed by atoms with Crippen molar-refractivity contribution >= 4 is 34.2 Å². The van der Waals surface area contributed by atoms with Crippen LogP contribution in [0.2, 0.25) is 5.02 Å². The van der Waals surface area contributed by atoms with Gasteiger partial charge in [-0.2, -0.15) is 0 Å². The van der Waals surface area contributed by atoms with Crippen molar-refractivity contribution in [1.29, 1.82) is 0 Å². The molecule has 84 valence electrons. The molecule has 0 unspecified atom stereocenters. The molecule has 2 N–H and O–H groups in total. The van der Waals surface area contributed by atoms with Crippen LogP contribution in [-0.2, 0) is 4.79 Å². The summed E-state index contributed by atoms with van der Waals surface area (Å²) in [5, 5.41) is 0.598. The molecule has 3 nitrogen and oxygen atoms in total. The van der Waals surface area contributed by atoms with Crippen LogP contribution in [0.5, 0.6) is 0 Å². The van der Waals surface area contributed by atoms with Gasteiger partial charge in [0.15, 0.2) is 5.12 Å². The fourth-order valence-corrected chi connectivity index (χ4v) is 1.61. The van der Waals surface area contributed by atoms with Crippen LogP contribution in [-0.4, -0.2) is 15.9 Å². The number of halogens is 1. The summed E-state index contributed by atoms with van der Waals surface area (Å²) >= 11 is 6.96. The number of nitrogen functional groups attached to an aromatic ring is 1. The number of aromatic nitrogens is 1. The average Bonchev–Trinajstić information content (AvgIpc) is 2.20.